The van der Waals surface area contributed by atoms with Crippen LogP contribution in [0.15, 0.2) is 69.8 Å². The zero-order valence-electron chi connectivity index (χ0n) is 19.2. The minimum Gasteiger partial charge on any atom is -0.384 e. The number of azo groups is 1. The molecule has 37 heavy (non-hydrogen) atoms. The molecule has 0 fully saturated rings. The minimum absolute atomic E-state index is 0.245. The van der Waals surface area contributed by atoms with E-state index >= 15 is 0 Å². The van der Waals surface area contributed by atoms with Gasteiger partial charge in [0.25, 0.3) is 0 Å². The number of nitrogen functional groups attached to an aromatic ring is 1. The van der Waals surface area contributed by atoms with Gasteiger partial charge in [-0.2, -0.15) is 15.0 Å². The monoisotopic (exact) mass is 507 g/mol. The standard InChI is InChI=1S/C24H17N11OS/c1-12-8-19(26)32-21(28-14-6-7-15-17(9-14)30-23(36)29-15)20(12)33-34-22-13(10-25)11-27-35(22)24-31-16-4-2-3-5-18(16)37-24/h2-9,11H,1H3,(H3,26,28,32)(H2,29,30,36)/b34-33+. The lowest BCUT2D eigenvalue weighted by atomic mass is 10.2. The molecule has 0 bridgehead atoms. The van der Waals surface area contributed by atoms with Crippen molar-refractivity contribution in [2.24, 2.45) is 10.2 Å². The number of aromatic amines is 2. The second kappa shape index (κ2) is 8.70. The number of thiazole rings is 1. The molecule has 0 aliphatic rings. The predicted molar refractivity (Wildman–Crippen MR) is 141 cm³/mol. The summed E-state index contributed by atoms with van der Waals surface area (Å²) >= 11 is 1.43. The second-order valence-electron chi connectivity index (χ2n) is 8.10. The average molecular weight is 508 g/mol. The van der Waals surface area contributed by atoms with E-state index in [0.29, 0.717) is 39.2 Å². The van der Waals surface area contributed by atoms with Crippen molar-refractivity contribution in [1.29, 1.82) is 5.26 Å². The maximum atomic E-state index is 11.6. The number of para-hydroxylation sites is 1. The van der Waals surface area contributed by atoms with E-state index in [1.54, 1.807) is 24.3 Å². The lowest BCUT2D eigenvalue weighted by Crippen LogP contribution is -2.00. The highest BCUT2D eigenvalue weighted by Gasteiger charge is 2.17. The average Bonchev–Trinajstić information content (AvgIpc) is 3.58. The van der Waals surface area contributed by atoms with Crippen LogP contribution >= 0.6 is 11.3 Å². The lowest BCUT2D eigenvalue weighted by Gasteiger charge is -2.11. The van der Waals surface area contributed by atoms with E-state index in [9.17, 15) is 10.1 Å². The number of imidazole rings is 1. The Morgan fingerprint density at radius 2 is 1.95 bits per heavy atom. The summed E-state index contributed by atoms with van der Waals surface area (Å²) in [4.78, 5) is 26.1. The minimum atomic E-state index is -0.294. The maximum Gasteiger partial charge on any atom is 0.323 e. The summed E-state index contributed by atoms with van der Waals surface area (Å²) in [6.07, 6.45) is 1.43. The van der Waals surface area contributed by atoms with Gasteiger partial charge in [0, 0.05) is 5.69 Å². The number of rotatable bonds is 5. The molecular weight excluding hydrogens is 490 g/mol. The number of H-pyrrole nitrogens is 2. The number of benzene rings is 2. The van der Waals surface area contributed by atoms with Gasteiger partial charge >= 0.3 is 5.69 Å². The number of pyridine rings is 1. The quantitative estimate of drug-likeness (QED) is 0.238. The van der Waals surface area contributed by atoms with E-state index in [4.69, 9.17) is 5.73 Å². The van der Waals surface area contributed by atoms with E-state index in [1.165, 1.54) is 22.2 Å². The Bertz CT molecular complexity index is 1900. The van der Waals surface area contributed by atoms with Gasteiger partial charge in [-0.25, -0.2) is 14.8 Å². The number of nitrogens with two attached hydrogens (primary N) is 1. The van der Waals surface area contributed by atoms with Crippen molar-refractivity contribution in [2.45, 2.75) is 6.92 Å². The molecule has 0 saturated heterocycles. The number of nitriles is 1. The van der Waals surface area contributed by atoms with Crippen LogP contribution in [-0.2, 0) is 0 Å². The molecule has 4 aromatic heterocycles. The van der Waals surface area contributed by atoms with Crippen LogP contribution < -0.4 is 16.7 Å². The lowest BCUT2D eigenvalue weighted by molar-refractivity contribution is 0.863. The van der Waals surface area contributed by atoms with Crippen LogP contribution in [0.5, 0.6) is 0 Å². The normalized spacial score (nSPS) is 11.5. The number of anilines is 3. The molecule has 4 heterocycles. The first-order valence-corrected chi connectivity index (χ1v) is 11.8. The zero-order chi connectivity index (χ0) is 25.5. The predicted octanol–water partition coefficient (Wildman–Crippen LogP) is 4.97. The zero-order valence-corrected chi connectivity index (χ0v) is 20.0. The molecule has 0 amide bonds. The number of aromatic nitrogens is 6. The SMILES string of the molecule is Cc1cc(N)nc(Nc2ccc3[nH]c(=O)[nH]c3c2)c1/N=N/c1c(C#N)cnn1-c1nc2ccccc2s1. The topological polar surface area (TPSA) is 179 Å². The van der Waals surface area contributed by atoms with Gasteiger partial charge in [-0.15, -0.1) is 10.2 Å². The van der Waals surface area contributed by atoms with Crippen LogP contribution in [0, 0.1) is 18.3 Å². The number of nitrogens with one attached hydrogen (secondary N) is 3. The summed E-state index contributed by atoms with van der Waals surface area (Å²) in [6.45, 7) is 1.83. The Balaban J connectivity index is 1.41. The van der Waals surface area contributed by atoms with Crippen LogP contribution in [-0.4, -0.2) is 29.7 Å². The molecule has 0 atom stereocenters. The fourth-order valence-corrected chi connectivity index (χ4v) is 4.78. The maximum absolute atomic E-state index is 11.6. The Morgan fingerprint density at radius 3 is 2.78 bits per heavy atom. The number of aryl methyl sites for hydroxylation is 1. The smallest absolute Gasteiger partial charge is 0.323 e. The third-order valence-corrected chi connectivity index (χ3v) is 6.57. The highest BCUT2D eigenvalue weighted by Crippen LogP contribution is 2.35. The fraction of sp³-hybridized carbons (Fsp3) is 0.0417. The summed E-state index contributed by atoms with van der Waals surface area (Å²) in [6, 6.07) is 16.8. The number of fused-ring (bicyclic) bond motifs is 2. The Kier molecular flexibility index (Phi) is 5.21. The number of hydrogen-bond acceptors (Lipinski definition) is 10. The molecule has 5 N–H and O–H groups in total. The van der Waals surface area contributed by atoms with Crippen molar-refractivity contribution in [3.05, 3.63) is 76.3 Å². The first-order chi connectivity index (χ1) is 18.0. The molecule has 13 heteroatoms. The van der Waals surface area contributed by atoms with Gasteiger partial charge in [0.2, 0.25) is 5.13 Å². The molecule has 0 radical (unpaired) electrons. The van der Waals surface area contributed by atoms with Crippen molar-refractivity contribution >= 4 is 61.4 Å². The van der Waals surface area contributed by atoms with Gasteiger partial charge in [0.05, 0.1) is 27.4 Å². The van der Waals surface area contributed by atoms with Gasteiger partial charge in [-0.05, 0) is 48.9 Å². The van der Waals surface area contributed by atoms with Crippen molar-refractivity contribution in [1.82, 2.24) is 29.7 Å². The van der Waals surface area contributed by atoms with E-state index in [1.807, 2.05) is 31.2 Å². The first kappa shape index (κ1) is 22.1. The van der Waals surface area contributed by atoms with E-state index in [0.717, 1.165) is 15.8 Å². The number of nitrogens with zero attached hydrogens (tertiary/aromatic N) is 7. The van der Waals surface area contributed by atoms with Crippen LogP contribution in [0.4, 0.5) is 28.8 Å². The van der Waals surface area contributed by atoms with Crippen LogP contribution in [0.2, 0.25) is 0 Å². The Labute approximate surface area is 212 Å². The largest absolute Gasteiger partial charge is 0.384 e. The van der Waals surface area contributed by atoms with Gasteiger partial charge in [0.15, 0.2) is 11.6 Å². The molecule has 2 aromatic carbocycles. The van der Waals surface area contributed by atoms with E-state index in [-0.39, 0.29) is 17.1 Å². The second-order valence-corrected chi connectivity index (χ2v) is 9.10. The van der Waals surface area contributed by atoms with Crippen LogP contribution in [0.1, 0.15) is 11.1 Å². The molecule has 0 aliphatic heterocycles. The first-order valence-electron chi connectivity index (χ1n) is 11.0. The highest BCUT2D eigenvalue weighted by molar-refractivity contribution is 7.20. The number of hydrogen-bond donors (Lipinski definition) is 4. The summed E-state index contributed by atoms with van der Waals surface area (Å²) in [7, 11) is 0. The molecule has 0 aliphatic carbocycles. The summed E-state index contributed by atoms with van der Waals surface area (Å²) in [5.74, 6) is 0.908. The molecular formula is C24H17N11OS. The third-order valence-electron chi connectivity index (χ3n) is 5.55. The van der Waals surface area contributed by atoms with Gasteiger partial charge in [-0.3, -0.25) is 0 Å². The van der Waals surface area contributed by atoms with E-state index in [2.05, 4.69) is 46.6 Å². The molecule has 180 valence electrons. The summed E-state index contributed by atoms with van der Waals surface area (Å²) in [5, 5.41) is 26.6. The van der Waals surface area contributed by atoms with Crippen molar-refractivity contribution in [3.63, 3.8) is 0 Å². The molecule has 6 rings (SSSR count). The Hall–Kier alpha value is -5.35. The molecule has 12 nitrogen and oxygen atoms in total. The summed E-state index contributed by atoms with van der Waals surface area (Å²) in [5.41, 5.74) is 9.92. The van der Waals surface area contributed by atoms with Gasteiger partial charge in [-0.1, -0.05) is 23.5 Å². The molecule has 0 spiro atoms. The van der Waals surface area contributed by atoms with Gasteiger partial charge in [0.1, 0.15) is 23.1 Å². The summed E-state index contributed by atoms with van der Waals surface area (Å²) < 4.78 is 2.48. The van der Waals surface area contributed by atoms with Crippen LogP contribution in [0.3, 0.4) is 0 Å². The van der Waals surface area contributed by atoms with Crippen LogP contribution in [0.25, 0.3) is 26.4 Å². The Morgan fingerprint density at radius 1 is 1.11 bits per heavy atom. The van der Waals surface area contributed by atoms with Gasteiger partial charge < -0.3 is 21.0 Å². The van der Waals surface area contributed by atoms with Crippen molar-refractivity contribution < 1.29 is 0 Å². The van der Waals surface area contributed by atoms with Crippen molar-refractivity contribution in [3.8, 4) is 11.2 Å². The molecule has 0 unspecified atom stereocenters. The fourth-order valence-electron chi connectivity index (χ4n) is 3.86. The van der Waals surface area contributed by atoms with E-state index < -0.39 is 0 Å². The highest BCUT2D eigenvalue weighted by atomic mass is 32.1. The molecule has 0 saturated carbocycles. The third kappa shape index (κ3) is 4.07. The van der Waals surface area contributed by atoms with Crippen molar-refractivity contribution in [2.75, 3.05) is 11.1 Å². The molecule has 6 aromatic rings.